The standard InChI is InChI=1S/C9H15N3O4S/c1-3-17(13,14)12-4-5-15-6-8(12)9-10-7(2)11-16-9/h8H,3-6H2,1-2H3. The average molecular weight is 261 g/mol. The number of morpholine rings is 1. The molecule has 0 radical (unpaired) electrons. The number of aryl methyl sites for hydroxylation is 1. The number of hydrogen-bond acceptors (Lipinski definition) is 6. The summed E-state index contributed by atoms with van der Waals surface area (Å²) >= 11 is 0. The summed E-state index contributed by atoms with van der Waals surface area (Å²) in [6, 6.07) is -0.505. The Morgan fingerprint density at radius 1 is 1.53 bits per heavy atom. The maximum Gasteiger partial charge on any atom is 0.247 e. The summed E-state index contributed by atoms with van der Waals surface area (Å²) in [6.07, 6.45) is 0. The Kier molecular flexibility index (Phi) is 3.45. The van der Waals surface area contributed by atoms with Gasteiger partial charge in [0.1, 0.15) is 6.04 Å². The summed E-state index contributed by atoms with van der Waals surface area (Å²) in [5, 5.41) is 3.67. The molecule has 1 aromatic rings. The molecule has 0 bridgehead atoms. The molecule has 0 aliphatic carbocycles. The highest BCUT2D eigenvalue weighted by Crippen LogP contribution is 2.25. The molecule has 1 fully saturated rings. The monoisotopic (exact) mass is 261 g/mol. The zero-order valence-electron chi connectivity index (χ0n) is 9.79. The number of rotatable bonds is 3. The molecule has 8 heteroatoms. The summed E-state index contributed by atoms with van der Waals surface area (Å²) in [6.45, 7) is 4.27. The van der Waals surface area contributed by atoms with Gasteiger partial charge in [0.05, 0.1) is 19.0 Å². The minimum Gasteiger partial charge on any atom is -0.378 e. The number of sulfonamides is 1. The fraction of sp³-hybridized carbons (Fsp3) is 0.778. The second-order valence-corrected chi connectivity index (χ2v) is 5.99. The van der Waals surface area contributed by atoms with Gasteiger partial charge in [-0.25, -0.2) is 8.42 Å². The summed E-state index contributed by atoms with van der Waals surface area (Å²) in [5.41, 5.74) is 0. The first-order valence-corrected chi connectivity index (χ1v) is 7.03. The van der Waals surface area contributed by atoms with Crippen molar-refractivity contribution in [3.63, 3.8) is 0 Å². The van der Waals surface area contributed by atoms with E-state index in [1.807, 2.05) is 0 Å². The van der Waals surface area contributed by atoms with E-state index in [4.69, 9.17) is 9.26 Å². The molecule has 0 amide bonds. The Morgan fingerprint density at radius 2 is 2.29 bits per heavy atom. The van der Waals surface area contributed by atoms with Crippen LogP contribution in [-0.2, 0) is 14.8 Å². The first-order valence-electron chi connectivity index (χ1n) is 5.42. The molecule has 1 atom stereocenters. The molecular weight excluding hydrogens is 246 g/mol. The van der Waals surface area contributed by atoms with Gasteiger partial charge in [0.15, 0.2) is 5.82 Å². The highest BCUT2D eigenvalue weighted by Gasteiger charge is 2.36. The number of nitrogens with zero attached hydrogens (tertiary/aromatic N) is 3. The van der Waals surface area contributed by atoms with Crippen LogP contribution in [0.2, 0.25) is 0 Å². The minimum atomic E-state index is -3.28. The van der Waals surface area contributed by atoms with Gasteiger partial charge in [-0.15, -0.1) is 0 Å². The normalized spacial score (nSPS) is 22.8. The van der Waals surface area contributed by atoms with E-state index < -0.39 is 16.1 Å². The topological polar surface area (TPSA) is 85.5 Å². The highest BCUT2D eigenvalue weighted by molar-refractivity contribution is 7.89. The van der Waals surface area contributed by atoms with Crippen LogP contribution in [0.25, 0.3) is 0 Å². The Labute approximate surface area is 99.8 Å². The van der Waals surface area contributed by atoms with Gasteiger partial charge in [-0.3, -0.25) is 0 Å². The molecule has 96 valence electrons. The predicted molar refractivity (Wildman–Crippen MR) is 58.8 cm³/mol. The quantitative estimate of drug-likeness (QED) is 0.767. The lowest BCUT2D eigenvalue weighted by Crippen LogP contribution is -2.44. The van der Waals surface area contributed by atoms with Crippen LogP contribution in [0.5, 0.6) is 0 Å². The van der Waals surface area contributed by atoms with Gasteiger partial charge in [0, 0.05) is 6.54 Å². The minimum absolute atomic E-state index is 0.0522. The van der Waals surface area contributed by atoms with Crippen molar-refractivity contribution >= 4 is 10.0 Å². The van der Waals surface area contributed by atoms with Crippen LogP contribution in [0.15, 0.2) is 4.52 Å². The lowest BCUT2D eigenvalue weighted by atomic mass is 10.3. The number of ether oxygens (including phenoxy) is 1. The summed E-state index contributed by atoms with van der Waals surface area (Å²) < 4.78 is 35.5. The molecule has 0 N–H and O–H groups in total. The first kappa shape index (κ1) is 12.5. The molecule has 2 heterocycles. The smallest absolute Gasteiger partial charge is 0.247 e. The van der Waals surface area contributed by atoms with Crippen LogP contribution in [0.3, 0.4) is 0 Å². The molecule has 2 rings (SSSR count). The summed E-state index contributed by atoms with van der Waals surface area (Å²) in [4.78, 5) is 4.07. The Balaban J connectivity index is 2.30. The molecule has 0 saturated carbocycles. The van der Waals surface area contributed by atoms with Gasteiger partial charge in [-0.05, 0) is 13.8 Å². The Hall–Kier alpha value is -0.990. The highest BCUT2D eigenvalue weighted by atomic mass is 32.2. The fourth-order valence-corrected chi connectivity index (χ4v) is 2.95. The zero-order chi connectivity index (χ0) is 12.5. The molecule has 1 unspecified atom stereocenters. The third-order valence-electron chi connectivity index (χ3n) is 2.63. The first-order chi connectivity index (χ1) is 8.04. The number of aromatic nitrogens is 2. The lowest BCUT2D eigenvalue weighted by molar-refractivity contribution is 0.0204. The van der Waals surface area contributed by atoms with Gasteiger partial charge in [0.2, 0.25) is 15.9 Å². The van der Waals surface area contributed by atoms with Crippen molar-refractivity contribution in [2.24, 2.45) is 0 Å². The Morgan fingerprint density at radius 3 is 2.88 bits per heavy atom. The van der Waals surface area contributed by atoms with Crippen molar-refractivity contribution in [3.05, 3.63) is 11.7 Å². The molecular formula is C9H15N3O4S. The lowest BCUT2D eigenvalue weighted by Gasteiger charge is -2.31. The molecule has 1 aromatic heterocycles. The van der Waals surface area contributed by atoms with Crippen LogP contribution in [0, 0.1) is 6.92 Å². The van der Waals surface area contributed by atoms with Crippen molar-refractivity contribution in [3.8, 4) is 0 Å². The van der Waals surface area contributed by atoms with Crippen LogP contribution >= 0.6 is 0 Å². The van der Waals surface area contributed by atoms with E-state index >= 15 is 0 Å². The zero-order valence-corrected chi connectivity index (χ0v) is 10.6. The van der Waals surface area contributed by atoms with Crippen LogP contribution < -0.4 is 0 Å². The second kappa shape index (κ2) is 4.71. The summed E-state index contributed by atoms with van der Waals surface area (Å²) in [5.74, 6) is 0.829. The molecule has 0 aromatic carbocycles. The SMILES string of the molecule is CCS(=O)(=O)N1CCOCC1c1nc(C)no1. The van der Waals surface area contributed by atoms with E-state index in [0.717, 1.165) is 0 Å². The van der Waals surface area contributed by atoms with Crippen LogP contribution in [0.1, 0.15) is 24.7 Å². The third kappa shape index (κ3) is 2.48. The predicted octanol–water partition coefficient (Wildman–Crippen LogP) is 0.101. The van der Waals surface area contributed by atoms with E-state index in [0.29, 0.717) is 24.9 Å². The van der Waals surface area contributed by atoms with Gasteiger partial charge >= 0.3 is 0 Å². The van der Waals surface area contributed by atoms with Crippen molar-refractivity contribution in [1.29, 1.82) is 0 Å². The number of hydrogen-bond donors (Lipinski definition) is 0. The maximum absolute atomic E-state index is 11.9. The van der Waals surface area contributed by atoms with E-state index in [1.165, 1.54) is 4.31 Å². The Bertz CT molecular complexity index is 484. The molecule has 1 aliphatic heterocycles. The van der Waals surface area contributed by atoms with Crippen molar-refractivity contribution in [2.45, 2.75) is 19.9 Å². The van der Waals surface area contributed by atoms with Crippen molar-refractivity contribution < 1.29 is 17.7 Å². The van der Waals surface area contributed by atoms with Gasteiger partial charge < -0.3 is 9.26 Å². The third-order valence-corrected chi connectivity index (χ3v) is 4.51. The van der Waals surface area contributed by atoms with Crippen LogP contribution in [-0.4, -0.2) is 48.4 Å². The van der Waals surface area contributed by atoms with E-state index in [9.17, 15) is 8.42 Å². The van der Waals surface area contributed by atoms with Crippen molar-refractivity contribution in [2.75, 3.05) is 25.5 Å². The maximum atomic E-state index is 11.9. The molecule has 1 aliphatic rings. The van der Waals surface area contributed by atoms with E-state index in [2.05, 4.69) is 10.1 Å². The van der Waals surface area contributed by atoms with Gasteiger partial charge in [-0.2, -0.15) is 9.29 Å². The second-order valence-electron chi connectivity index (χ2n) is 3.78. The van der Waals surface area contributed by atoms with Gasteiger partial charge in [-0.1, -0.05) is 5.16 Å². The molecule has 17 heavy (non-hydrogen) atoms. The van der Waals surface area contributed by atoms with Crippen molar-refractivity contribution in [1.82, 2.24) is 14.4 Å². The molecule has 7 nitrogen and oxygen atoms in total. The molecule has 1 saturated heterocycles. The van der Waals surface area contributed by atoms with Gasteiger partial charge in [0.25, 0.3) is 0 Å². The average Bonchev–Trinajstić information content (AvgIpc) is 2.76. The summed E-state index contributed by atoms with van der Waals surface area (Å²) in [7, 11) is -3.28. The van der Waals surface area contributed by atoms with E-state index in [-0.39, 0.29) is 12.4 Å². The fourth-order valence-electron chi connectivity index (χ4n) is 1.73. The molecule has 0 spiro atoms. The largest absolute Gasteiger partial charge is 0.378 e. The van der Waals surface area contributed by atoms with Crippen LogP contribution in [0.4, 0.5) is 0 Å². The van der Waals surface area contributed by atoms with E-state index in [1.54, 1.807) is 13.8 Å².